The van der Waals surface area contributed by atoms with E-state index in [1.54, 1.807) is 5.57 Å². The average Bonchev–Trinajstić information content (AvgIpc) is 2.83. The van der Waals surface area contributed by atoms with Crippen LogP contribution in [0, 0.1) is 5.92 Å². The molecule has 1 aromatic carbocycles. The number of benzene rings is 1. The first-order chi connectivity index (χ1) is 5.79. The van der Waals surface area contributed by atoms with E-state index in [4.69, 9.17) is 0 Å². The number of hydrogen-bond donors (Lipinski definition) is 0. The molecule has 0 bridgehead atoms. The zero-order valence-corrected chi connectivity index (χ0v) is 7.67. The number of rotatable bonds is 1. The molecule has 0 spiro atoms. The maximum atomic E-state index is 2.29. The molecule has 0 aromatic heterocycles. The van der Waals surface area contributed by atoms with Crippen LogP contribution in [0.3, 0.4) is 0 Å². The Morgan fingerprint density at radius 3 is 2.33 bits per heavy atom. The zero-order valence-electron chi connectivity index (χ0n) is 7.67. The molecule has 0 nitrogen and oxygen atoms in total. The summed E-state index contributed by atoms with van der Waals surface area (Å²) in [6, 6.07) is 10.7. The summed E-state index contributed by atoms with van der Waals surface area (Å²) >= 11 is 0. The fourth-order valence-corrected chi connectivity index (χ4v) is 1.67. The first kappa shape index (κ1) is 7.60. The predicted molar refractivity (Wildman–Crippen MR) is 52.8 cm³/mol. The van der Waals surface area contributed by atoms with Crippen LogP contribution in [0.2, 0.25) is 0 Å². The van der Waals surface area contributed by atoms with Gasteiger partial charge in [-0.3, -0.25) is 0 Å². The van der Waals surface area contributed by atoms with Gasteiger partial charge in [0.1, 0.15) is 0 Å². The standard InChI is InChI=1S/C12H14/c1-9-8-12(9)10(2)11-6-4-3-5-7-11/h3-7,9H,8H2,1-2H3. The first-order valence-corrected chi connectivity index (χ1v) is 4.54. The molecule has 0 aliphatic heterocycles. The minimum Gasteiger partial charge on any atom is -0.0630 e. The van der Waals surface area contributed by atoms with Crippen LogP contribution < -0.4 is 0 Å². The Morgan fingerprint density at radius 2 is 1.83 bits per heavy atom. The van der Waals surface area contributed by atoms with Crippen LogP contribution in [-0.2, 0) is 0 Å². The van der Waals surface area contributed by atoms with Crippen LogP contribution in [0.25, 0.3) is 5.57 Å². The van der Waals surface area contributed by atoms with Crippen LogP contribution in [0.15, 0.2) is 35.9 Å². The van der Waals surface area contributed by atoms with E-state index in [1.165, 1.54) is 17.6 Å². The second-order valence-electron chi connectivity index (χ2n) is 3.62. The van der Waals surface area contributed by atoms with Crippen molar-refractivity contribution >= 4 is 5.57 Å². The molecule has 0 N–H and O–H groups in total. The Balaban J connectivity index is 2.33. The molecular weight excluding hydrogens is 144 g/mol. The molecule has 1 saturated carbocycles. The summed E-state index contributed by atoms with van der Waals surface area (Å²) in [6.45, 7) is 4.52. The van der Waals surface area contributed by atoms with Crippen molar-refractivity contribution in [2.45, 2.75) is 20.3 Å². The highest BCUT2D eigenvalue weighted by Crippen LogP contribution is 2.42. The van der Waals surface area contributed by atoms with E-state index in [0.717, 1.165) is 5.92 Å². The Kier molecular flexibility index (Phi) is 1.76. The van der Waals surface area contributed by atoms with E-state index in [-0.39, 0.29) is 0 Å². The fraction of sp³-hybridized carbons (Fsp3) is 0.333. The molecule has 0 saturated heterocycles. The highest BCUT2D eigenvalue weighted by molar-refractivity contribution is 5.70. The van der Waals surface area contributed by atoms with Gasteiger partial charge in [0.15, 0.2) is 0 Å². The van der Waals surface area contributed by atoms with Crippen LogP contribution in [0.5, 0.6) is 0 Å². The zero-order chi connectivity index (χ0) is 8.55. The molecule has 12 heavy (non-hydrogen) atoms. The van der Waals surface area contributed by atoms with Crippen molar-refractivity contribution in [3.63, 3.8) is 0 Å². The molecule has 62 valence electrons. The van der Waals surface area contributed by atoms with Crippen LogP contribution in [0.4, 0.5) is 0 Å². The molecule has 1 unspecified atom stereocenters. The van der Waals surface area contributed by atoms with Crippen molar-refractivity contribution in [2.24, 2.45) is 5.92 Å². The largest absolute Gasteiger partial charge is 0.0630 e. The highest BCUT2D eigenvalue weighted by Gasteiger charge is 2.26. The van der Waals surface area contributed by atoms with Gasteiger partial charge in [0.2, 0.25) is 0 Å². The third kappa shape index (κ3) is 1.29. The van der Waals surface area contributed by atoms with Gasteiger partial charge >= 0.3 is 0 Å². The minimum atomic E-state index is 0.838. The Bertz CT molecular complexity index is 306. The third-order valence-electron chi connectivity index (χ3n) is 2.65. The molecular formula is C12H14. The van der Waals surface area contributed by atoms with Crippen LogP contribution in [0.1, 0.15) is 25.8 Å². The Morgan fingerprint density at radius 1 is 1.25 bits per heavy atom. The predicted octanol–water partition coefficient (Wildman–Crippen LogP) is 3.50. The second-order valence-corrected chi connectivity index (χ2v) is 3.62. The molecule has 1 fully saturated rings. The summed E-state index contributed by atoms with van der Waals surface area (Å²) < 4.78 is 0. The average molecular weight is 158 g/mol. The quantitative estimate of drug-likeness (QED) is 0.586. The van der Waals surface area contributed by atoms with Crippen LogP contribution in [-0.4, -0.2) is 0 Å². The third-order valence-corrected chi connectivity index (χ3v) is 2.65. The summed E-state index contributed by atoms with van der Waals surface area (Å²) in [6.07, 6.45) is 1.31. The maximum absolute atomic E-state index is 2.29. The van der Waals surface area contributed by atoms with Crippen molar-refractivity contribution in [1.29, 1.82) is 0 Å². The van der Waals surface area contributed by atoms with Crippen molar-refractivity contribution in [3.05, 3.63) is 41.5 Å². The van der Waals surface area contributed by atoms with Gasteiger partial charge in [0.25, 0.3) is 0 Å². The van der Waals surface area contributed by atoms with E-state index < -0.39 is 0 Å². The summed E-state index contributed by atoms with van der Waals surface area (Å²) in [4.78, 5) is 0. The topological polar surface area (TPSA) is 0 Å². The summed E-state index contributed by atoms with van der Waals surface area (Å²) in [5.74, 6) is 0.838. The van der Waals surface area contributed by atoms with E-state index in [1.807, 2.05) is 0 Å². The van der Waals surface area contributed by atoms with Gasteiger partial charge in [-0.05, 0) is 30.4 Å². The van der Waals surface area contributed by atoms with Crippen molar-refractivity contribution in [1.82, 2.24) is 0 Å². The van der Waals surface area contributed by atoms with Gasteiger partial charge < -0.3 is 0 Å². The molecule has 1 aliphatic rings. The van der Waals surface area contributed by atoms with Gasteiger partial charge in [-0.15, -0.1) is 0 Å². The second kappa shape index (κ2) is 2.78. The Labute approximate surface area is 73.9 Å². The molecule has 0 heteroatoms. The molecule has 0 radical (unpaired) electrons. The Hall–Kier alpha value is -1.04. The fourth-order valence-electron chi connectivity index (χ4n) is 1.67. The summed E-state index contributed by atoms with van der Waals surface area (Å²) in [5, 5.41) is 0. The van der Waals surface area contributed by atoms with Gasteiger partial charge in [0, 0.05) is 0 Å². The van der Waals surface area contributed by atoms with Crippen molar-refractivity contribution in [2.75, 3.05) is 0 Å². The van der Waals surface area contributed by atoms with Gasteiger partial charge in [-0.1, -0.05) is 42.8 Å². The summed E-state index contributed by atoms with van der Waals surface area (Å²) in [5.41, 5.74) is 4.51. The van der Waals surface area contributed by atoms with Crippen molar-refractivity contribution in [3.8, 4) is 0 Å². The molecule has 2 rings (SSSR count). The SMILES string of the molecule is CC(=C1CC1C)c1ccccc1. The lowest BCUT2D eigenvalue weighted by atomic mass is 10.1. The van der Waals surface area contributed by atoms with E-state index in [9.17, 15) is 0 Å². The summed E-state index contributed by atoms with van der Waals surface area (Å²) in [7, 11) is 0. The van der Waals surface area contributed by atoms with E-state index in [2.05, 4.69) is 44.2 Å². The normalized spacial score (nSPS) is 25.3. The van der Waals surface area contributed by atoms with Gasteiger partial charge in [-0.25, -0.2) is 0 Å². The molecule has 0 heterocycles. The lowest BCUT2D eigenvalue weighted by molar-refractivity contribution is 1.02. The minimum absolute atomic E-state index is 0.838. The lowest BCUT2D eigenvalue weighted by Gasteiger charge is -1.98. The molecule has 1 atom stereocenters. The van der Waals surface area contributed by atoms with E-state index >= 15 is 0 Å². The molecule has 1 aliphatic carbocycles. The van der Waals surface area contributed by atoms with Gasteiger partial charge in [-0.2, -0.15) is 0 Å². The maximum Gasteiger partial charge on any atom is -0.0188 e. The molecule has 0 amide bonds. The van der Waals surface area contributed by atoms with Crippen molar-refractivity contribution < 1.29 is 0 Å². The van der Waals surface area contributed by atoms with E-state index in [0.29, 0.717) is 0 Å². The number of hydrogen-bond acceptors (Lipinski definition) is 0. The number of allylic oxidation sites excluding steroid dienone is 2. The van der Waals surface area contributed by atoms with Crippen LogP contribution >= 0.6 is 0 Å². The lowest BCUT2D eigenvalue weighted by Crippen LogP contribution is -1.77. The smallest absolute Gasteiger partial charge is 0.0188 e. The monoisotopic (exact) mass is 158 g/mol. The highest BCUT2D eigenvalue weighted by atomic mass is 14.3. The first-order valence-electron chi connectivity index (χ1n) is 4.54. The van der Waals surface area contributed by atoms with Gasteiger partial charge in [0.05, 0.1) is 0 Å². The molecule has 1 aromatic rings.